The summed E-state index contributed by atoms with van der Waals surface area (Å²) in [5, 5.41) is 4.41. The first-order valence-electron chi connectivity index (χ1n) is 6.91. The molecule has 0 spiro atoms. The Labute approximate surface area is 132 Å². The molecule has 22 heavy (non-hydrogen) atoms. The predicted octanol–water partition coefficient (Wildman–Crippen LogP) is 2.85. The molecule has 0 unspecified atom stereocenters. The molecule has 3 rings (SSSR count). The third-order valence-electron chi connectivity index (χ3n) is 3.25. The topological polar surface area (TPSA) is 65.8 Å². The van der Waals surface area contributed by atoms with Gasteiger partial charge in [0.1, 0.15) is 0 Å². The van der Waals surface area contributed by atoms with Crippen molar-refractivity contribution in [1.29, 1.82) is 0 Å². The molecule has 0 radical (unpaired) electrons. The van der Waals surface area contributed by atoms with Gasteiger partial charge in [0, 0.05) is 18.3 Å². The van der Waals surface area contributed by atoms with Crippen molar-refractivity contribution in [2.75, 3.05) is 0 Å². The third kappa shape index (κ3) is 2.69. The van der Waals surface area contributed by atoms with Crippen molar-refractivity contribution < 1.29 is 4.52 Å². The largest absolute Gasteiger partial charge is 0.339 e. The molecule has 0 saturated heterocycles. The summed E-state index contributed by atoms with van der Waals surface area (Å²) in [7, 11) is 0. The minimum Gasteiger partial charge on any atom is -0.339 e. The van der Waals surface area contributed by atoms with Crippen LogP contribution in [0.2, 0.25) is 5.02 Å². The van der Waals surface area contributed by atoms with E-state index in [1.807, 2.05) is 26.0 Å². The number of hydrogen-bond donors (Lipinski definition) is 0. The average Bonchev–Trinajstić information content (AvgIpc) is 3.09. The summed E-state index contributed by atoms with van der Waals surface area (Å²) in [6.45, 7) is 4.20. The van der Waals surface area contributed by atoms with E-state index in [0.717, 1.165) is 0 Å². The molecule has 3 aromatic rings. The highest BCUT2D eigenvalue weighted by Gasteiger charge is 2.13. The first-order chi connectivity index (χ1) is 10.6. The normalized spacial score (nSPS) is 11.3. The molecule has 2 heterocycles. The highest BCUT2D eigenvalue weighted by atomic mass is 35.5. The van der Waals surface area contributed by atoms with Gasteiger partial charge < -0.3 is 4.52 Å². The van der Waals surface area contributed by atoms with E-state index in [9.17, 15) is 4.79 Å². The van der Waals surface area contributed by atoms with Crippen LogP contribution in [-0.2, 0) is 6.54 Å². The van der Waals surface area contributed by atoms with Crippen LogP contribution in [0.25, 0.3) is 5.69 Å². The first kappa shape index (κ1) is 14.6. The molecular weight excluding hydrogens is 304 g/mol. The molecule has 1 aromatic carbocycles. The zero-order chi connectivity index (χ0) is 15.7. The molecule has 0 amide bonds. The maximum Gasteiger partial charge on any atom is 0.333 e. The zero-order valence-corrected chi connectivity index (χ0v) is 13.0. The maximum atomic E-state index is 12.4. The second kappa shape index (κ2) is 5.81. The molecule has 0 atom stereocenters. The van der Waals surface area contributed by atoms with Crippen LogP contribution in [0.1, 0.15) is 31.5 Å². The Kier molecular flexibility index (Phi) is 3.85. The van der Waals surface area contributed by atoms with Crippen LogP contribution in [0.5, 0.6) is 0 Å². The lowest BCUT2D eigenvalue weighted by Crippen LogP contribution is -2.23. The Bertz CT molecular complexity index is 847. The Hall–Kier alpha value is -2.34. The summed E-state index contributed by atoms with van der Waals surface area (Å²) in [6.07, 6.45) is 3.35. The molecule has 0 bridgehead atoms. The van der Waals surface area contributed by atoms with Crippen LogP contribution in [-0.4, -0.2) is 19.3 Å². The quantitative estimate of drug-likeness (QED) is 0.742. The Morgan fingerprint density at radius 1 is 1.27 bits per heavy atom. The van der Waals surface area contributed by atoms with Crippen molar-refractivity contribution in [2.45, 2.75) is 26.3 Å². The highest BCUT2D eigenvalue weighted by molar-refractivity contribution is 6.32. The predicted molar refractivity (Wildman–Crippen MR) is 82.5 cm³/mol. The van der Waals surface area contributed by atoms with E-state index >= 15 is 0 Å². The van der Waals surface area contributed by atoms with E-state index < -0.39 is 0 Å². The van der Waals surface area contributed by atoms with E-state index in [-0.39, 0.29) is 18.2 Å². The summed E-state index contributed by atoms with van der Waals surface area (Å²) in [6, 6.07) is 7.19. The molecule has 0 aliphatic heterocycles. The summed E-state index contributed by atoms with van der Waals surface area (Å²) in [5.74, 6) is 1.20. The van der Waals surface area contributed by atoms with Gasteiger partial charge in [0.05, 0.1) is 17.3 Å². The van der Waals surface area contributed by atoms with Gasteiger partial charge in [-0.25, -0.2) is 4.79 Å². The van der Waals surface area contributed by atoms with Gasteiger partial charge in [0.25, 0.3) is 0 Å². The zero-order valence-electron chi connectivity index (χ0n) is 12.2. The van der Waals surface area contributed by atoms with Gasteiger partial charge >= 0.3 is 5.69 Å². The second-order valence-corrected chi connectivity index (χ2v) is 5.64. The smallest absolute Gasteiger partial charge is 0.333 e. The Balaban J connectivity index is 1.91. The van der Waals surface area contributed by atoms with Gasteiger partial charge in [-0.2, -0.15) is 4.98 Å². The number of para-hydroxylation sites is 1. The number of benzene rings is 1. The van der Waals surface area contributed by atoms with Crippen LogP contribution in [0.15, 0.2) is 46.0 Å². The molecule has 7 heteroatoms. The van der Waals surface area contributed by atoms with E-state index in [2.05, 4.69) is 10.1 Å². The summed E-state index contributed by atoms with van der Waals surface area (Å²) in [5.41, 5.74) is 0.438. The number of rotatable bonds is 4. The number of hydrogen-bond acceptors (Lipinski definition) is 4. The minimum absolute atomic E-state index is 0.158. The lowest BCUT2D eigenvalue weighted by molar-refractivity contribution is 0.359. The molecule has 0 N–H and O–H groups in total. The fourth-order valence-corrected chi connectivity index (χ4v) is 2.31. The van der Waals surface area contributed by atoms with Crippen LogP contribution < -0.4 is 5.69 Å². The highest BCUT2D eigenvalue weighted by Crippen LogP contribution is 2.18. The lowest BCUT2D eigenvalue weighted by Gasteiger charge is -2.03. The van der Waals surface area contributed by atoms with Crippen molar-refractivity contribution >= 4 is 11.6 Å². The van der Waals surface area contributed by atoms with Crippen LogP contribution in [0.3, 0.4) is 0 Å². The first-order valence-corrected chi connectivity index (χ1v) is 7.29. The van der Waals surface area contributed by atoms with Crippen molar-refractivity contribution in [3.63, 3.8) is 0 Å². The van der Waals surface area contributed by atoms with E-state index in [4.69, 9.17) is 16.1 Å². The fourth-order valence-electron chi connectivity index (χ4n) is 2.08. The van der Waals surface area contributed by atoms with E-state index in [1.165, 1.54) is 9.13 Å². The van der Waals surface area contributed by atoms with Crippen LogP contribution in [0, 0.1) is 0 Å². The summed E-state index contributed by atoms with van der Waals surface area (Å²) < 4.78 is 8.15. The van der Waals surface area contributed by atoms with Crippen molar-refractivity contribution in [3.8, 4) is 5.69 Å². The monoisotopic (exact) mass is 318 g/mol. The number of halogens is 1. The van der Waals surface area contributed by atoms with Crippen LogP contribution in [0.4, 0.5) is 0 Å². The van der Waals surface area contributed by atoms with E-state index in [0.29, 0.717) is 22.4 Å². The molecule has 6 nitrogen and oxygen atoms in total. The molecule has 2 aromatic heterocycles. The van der Waals surface area contributed by atoms with Gasteiger partial charge in [0.15, 0.2) is 5.82 Å². The standard InChI is InChI=1S/C15H15ClN4O2/c1-10(2)14-17-13(18-22-14)9-19-7-8-20(15(19)21)12-6-4-3-5-11(12)16/h3-8,10H,9H2,1-2H3. The van der Waals surface area contributed by atoms with Gasteiger partial charge in [-0.05, 0) is 12.1 Å². The van der Waals surface area contributed by atoms with Gasteiger partial charge in [-0.15, -0.1) is 0 Å². The van der Waals surface area contributed by atoms with Gasteiger partial charge in [-0.3, -0.25) is 9.13 Å². The van der Waals surface area contributed by atoms with Crippen LogP contribution >= 0.6 is 11.6 Å². The number of imidazole rings is 1. The Morgan fingerprint density at radius 3 is 2.73 bits per heavy atom. The molecule has 114 valence electrons. The second-order valence-electron chi connectivity index (χ2n) is 5.23. The molecular formula is C15H15ClN4O2. The molecule has 0 saturated carbocycles. The third-order valence-corrected chi connectivity index (χ3v) is 3.57. The summed E-state index contributed by atoms with van der Waals surface area (Å²) in [4.78, 5) is 16.7. The van der Waals surface area contributed by atoms with Gasteiger partial charge in [0.2, 0.25) is 5.89 Å². The molecule has 0 fully saturated rings. The van der Waals surface area contributed by atoms with Gasteiger partial charge in [-0.1, -0.05) is 42.7 Å². The van der Waals surface area contributed by atoms with Crippen molar-refractivity contribution in [3.05, 3.63) is 63.9 Å². The fraction of sp³-hybridized carbons (Fsp3) is 0.267. The lowest BCUT2D eigenvalue weighted by atomic mass is 10.2. The summed E-state index contributed by atoms with van der Waals surface area (Å²) >= 11 is 6.13. The van der Waals surface area contributed by atoms with Crippen molar-refractivity contribution in [1.82, 2.24) is 19.3 Å². The number of nitrogens with zero attached hydrogens (tertiary/aromatic N) is 4. The average molecular weight is 319 g/mol. The SMILES string of the molecule is CC(C)c1nc(Cn2ccn(-c3ccccc3Cl)c2=O)no1. The Morgan fingerprint density at radius 2 is 2.05 bits per heavy atom. The van der Waals surface area contributed by atoms with E-state index in [1.54, 1.807) is 24.5 Å². The maximum absolute atomic E-state index is 12.4. The van der Waals surface area contributed by atoms with Crippen molar-refractivity contribution in [2.24, 2.45) is 0 Å². The molecule has 0 aliphatic carbocycles. The number of aromatic nitrogens is 4. The molecule has 0 aliphatic rings. The minimum atomic E-state index is -0.205.